The first-order chi connectivity index (χ1) is 9.19. The largest absolute Gasteiger partial charge is 0.479 e. The minimum atomic E-state index is 0.444. The summed E-state index contributed by atoms with van der Waals surface area (Å²) < 4.78 is 9.15. The van der Waals surface area contributed by atoms with Crippen LogP contribution in [0.4, 0.5) is 0 Å². The van der Waals surface area contributed by atoms with E-state index in [-0.39, 0.29) is 0 Å². The van der Waals surface area contributed by atoms with Crippen molar-refractivity contribution in [2.75, 3.05) is 7.11 Å². The smallest absolute Gasteiger partial charge is 0.242 e. The van der Waals surface area contributed by atoms with Crippen molar-refractivity contribution in [3.05, 3.63) is 23.3 Å². The number of methoxy groups -OCH3 is 1. The molecule has 9 heteroatoms. The van der Waals surface area contributed by atoms with E-state index in [0.717, 1.165) is 0 Å². The molecule has 0 aliphatic heterocycles. The molecule has 0 spiro atoms. The van der Waals surface area contributed by atoms with Gasteiger partial charge >= 0.3 is 0 Å². The lowest BCUT2D eigenvalue weighted by Crippen LogP contribution is -2.03. The lowest BCUT2D eigenvalue weighted by atomic mass is 10.5. The van der Waals surface area contributed by atoms with E-state index in [1.165, 1.54) is 6.33 Å². The Kier molecular flexibility index (Phi) is 2.75. The van der Waals surface area contributed by atoms with Crippen LogP contribution in [0.2, 0.25) is 0 Å². The molecule has 0 amide bonds. The number of H-pyrrole nitrogens is 1. The number of aryl methyl sites for hydroxylation is 1. The highest BCUT2D eigenvalue weighted by atomic mass is 32.1. The van der Waals surface area contributed by atoms with Crippen LogP contribution in [0.3, 0.4) is 0 Å². The first kappa shape index (κ1) is 11.8. The summed E-state index contributed by atoms with van der Waals surface area (Å²) in [6.45, 7) is 0.444. The number of hydrogen-bond acceptors (Lipinski definition) is 6. The van der Waals surface area contributed by atoms with Gasteiger partial charge in [0.05, 0.1) is 13.7 Å². The van der Waals surface area contributed by atoms with Crippen LogP contribution >= 0.6 is 12.2 Å². The zero-order chi connectivity index (χ0) is 13.4. The Balaban J connectivity index is 2.13. The Morgan fingerprint density at radius 2 is 2.21 bits per heavy atom. The van der Waals surface area contributed by atoms with Crippen LogP contribution in [0.1, 0.15) is 5.82 Å². The monoisotopic (exact) mass is 277 g/mol. The Morgan fingerprint density at radius 3 is 2.89 bits per heavy atom. The van der Waals surface area contributed by atoms with Crippen molar-refractivity contribution in [1.82, 2.24) is 34.3 Å². The van der Waals surface area contributed by atoms with Gasteiger partial charge in [-0.05, 0) is 12.2 Å². The zero-order valence-corrected chi connectivity index (χ0v) is 11.2. The second kappa shape index (κ2) is 4.43. The first-order valence-electron chi connectivity index (χ1n) is 5.51. The van der Waals surface area contributed by atoms with Crippen LogP contribution in [-0.4, -0.2) is 41.4 Å². The molecule has 0 saturated carbocycles. The molecule has 98 valence electrons. The highest BCUT2D eigenvalue weighted by Crippen LogP contribution is 2.20. The van der Waals surface area contributed by atoms with Gasteiger partial charge in [-0.15, -0.1) is 0 Å². The summed E-state index contributed by atoms with van der Waals surface area (Å²) in [5.41, 5.74) is 1.34. The molecular weight excluding hydrogens is 266 g/mol. The van der Waals surface area contributed by atoms with Crippen molar-refractivity contribution in [3.8, 4) is 5.88 Å². The predicted molar refractivity (Wildman–Crippen MR) is 69.4 cm³/mol. The SMILES string of the molecule is COc1ncnc2c1[nH]c(=S)n2Cc1ncn(C)n1. The second-order valence-corrected chi connectivity index (χ2v) is 4.32. The normalized spacial score (nSPS) is 11.1. The predicted octanol–water partition coefficient (Wildman–Crippen LogP) is 0.674. The van der Waals surface area contributed by atoms with E-state index in [1.54, 1.807) is 18.1 Å². The van der Waals surface area contributed by atoms with Crippen molar-refractivity contribution in [3.63, 3.8) is 0 Å². The molecule has 0 bridgehead atoms. The van der Waals surface area contributed by atoms with E-state index >= 15 is 0 Å². The standard InChI is InChI=1S/C10H11N7OS/c1-16-5-13-6(15-16)3-17-8-7(14-10(17)19)9(18-2)12-4-11-8/h4-5H,3H2,1-2H3,(H,14,19). The molecule has 8 nitrogen and oxygen atoms in total. The maximum atomic E-state index is 5.29. The van der Waals surface area contributed by atoms with Crippen LogP contribution in [0, 0.1) is 4.77 Å². The third kappa shape index (κ3) is 1.97. The average molecular weight is 277 g/mol. The van der Waals surface area contributed by atoms with Gasteiger partial charge in [0, 0.05) is 7.05 Å². The average Bonchev–Trinajstić information content (AvgIpc) is 2.94. The van der Waals surface area contributed by atoms with Crippen LogP contribution in [0.25, 0.3) is 11.2 Å². The van der Waals surface area contributed by atoms with Crippen LogP contribution in [-0.2, 0) is 13.6 Å². The molecule has 0 fully saturated rings. The van der Waals surface area contributed by atoms with Gasteiger partial charge in [0.15, 0.2) is 16.2 Å². The van der Waals surface area contributed by atoms with E-state index in [2.05, 4.69) is 25.0 Å². The van der Waals surface area contributed by atoms with Gasteiger partial charge in [0.1, 0.15) is 18.2 Å². The minimum absolute atomic E-state index is 0.444. The van der Waals surface area contributed by atoms with Gasteiger partial charge in [-0.3, -0.25) is 9.25 Å². The molecular formula is C10H11N7OS. The summed E-state index contributed by atoms with van der Waals surface area (Å²) in [6.07, 6.45) is 3.08. The molecule has 0 aliphatic rings. The topological polar surface area (TPSA) is 86.4 Å². The number of hydrogen-bond donors (Lipinski definition) is 1. The highest BCUT2D eigenvalue weighted by Gasteiger charge is 2.12. The molecule has 0 atom stereocenters. The molecule has 19 heavy (non-hydrogen) atoms. The van der Waals surface area contributed by atoms with Crippen molar-refractivity contribution < 1.29 is 4.74 Å². The fourth-order valence-electron chi connectivity index (χ4n) is 1.84. The molecule has 0 saturated heterocycles. The molecule has 0 aromatic carbocycles. The Hall–Kier alpha value is -2.29. The Morgan fingerprint density at radius 1 is 1.37 bits per heavy atom. The van der Waals surface area contributed by atoms with Crippen LogP contribution in [0.15, 0.2) is 12.7 Å². The number of imidazole rings is 1. The fraction of sp³-hybridized carbons (Fsp3) is 0.300. The third-order valence-electron chi connectivity index (χ3n) is 2.67. The summed E-state index contributed by atoms with van der Waals surface area (Å²) in [5.74, 6) is 1.13. The number of ether oxygens (including phenoxy) is 1. The van der Waals surface area contributed by atoms with E-state index in [9.17, 15) is 0 Å². The summed E-state index contributed by atoms with van der Waals surface area (Å²) in [5, 5.41) is 4.23. The zero-order valence-electron chi connectivity index (χ0n) is 10.4. The van der Waals surface area contributed by atoms with Crippen molar-refractivity contribution >= 4 is 23.4 Å². The molecule has 0 radical (unpaired) electrons. The lowest BCUT2D eigenvalue weighted by molar-refractivity contribution is 0.401. The van der Waals surface area contributed by atoms with E-state index in [1.807, 2.05) is 11.6 Å². The van der Waals surface area contributed by atoms with E-state index in [4.69, 9.17) is 17.0 Å². The number of aromatic nitrogens is 7. The number of rotatable bonds is 3. The quantitative estimate of drug-likeness (QED) is 0.708. The first-order valence-corrected chi connectivity index (χ1v) is 5.92. The van der Waals surface area contributed by atoms with Crippen molar-refractivity contribution in [1.29, 1.82) is 0 Å². The van der Waals surface area contributed by atoms with Crippen molar-refractivity contribution in [2.45, 2.75) is 6.54 Å². The van der Waals surface area contributed by atoms with Gasteiger partial charge in [-0.2, -0.15) is 10.1 Å². The van der Waals surface area contributed by atoms with Gasteiger partial charge in [-0.25, -0.2) is 9.97 Å². The Bertz CT molecular complexity index is 787. The van der Waals surface area contributed by atoms with Gasteiger partial charge < -0.3 is 9.72 Å². The summed E-state index contributed by atoms with van der Waals surface area (Å²) in [6, 6.07) is 0. The molecule has 0 aliphatic carbocycles. The lowest BCUT2D eigenvalue weighted by Gasteiger charge is -2.01. The maximum Gasteiger partial charge on any atom is 0.242 e. The van der Waals surface area contributed by atoms with Gasteiger partial charge in [0.2, 0.25) is 5.88 Å². The summed E-state index contributed by atoms with van der Waals surface area (Å²) in [7, 11) is 3.37. The number of aromatic amines is 1. The molecule has 3 aromatic rings. The summed E-state index contributed by atoms with van der Waals surface area (Å²) >= 11 is 5.29. The van der Waals surface area contributed by atoms with Gasteiger partial charge in [-0.1, -0.05) is 0 Å². The van der Waals surface area contributed by atoms with Crippen LogP contribution in [0.5, 0.6) is 5.88 Å². The van der Waals surface area contributed by atoms with Crippen molar-refractivity contribution in [2.24, 2.45) is 7.05 Å². The molecule has 0 unspecified atom stereocenters. The number of nitrogens with one attached hydrogen (secondary N) is 1. The molecule has 3 aromatic heterocycles. The molecule has 1 N–H and O–H groups in total. The van der Waals surface area contributed by atoms with Gasteiger partial charge in [0.25, 0.3) is 0 Å². The highest BCUT2D eigenvalue weighted by molar-refractivity contribution is 7.71. The Labute approximate surface area is 113 Å². The second-order valence-electron chi connectivity index (χ2n) is 3.93. The number of nitrogens with zero attached hydrogens (tertiary/aromatic N) is 6. The molecule has 3 heterocycles. The third-order valence-corrected chi connectivity index (χ3v) is 2.99. The number of fused-ring (bicyclic) bond motifs is 1. The maximum absolute atomic E-state index is 5.29. The minimum Gasteiger partial charge on any atom is -0.479 e. The van der Waals surface area contributed by atoms with Crippen LogP contribution < -0.4 is 4.74 Å². The van der Waals surface area contributed by atoms with E-state index < -0.39 is 0 Å². The van der Waals surface area contributed by atoms with E-state index in [0.29, 0.717) is 34.2 Å². The molecule has 3 rings (SSSR count). The fourth-order valence-corrected chi connectivity index (χ4v) is 2.10. The summed E-state index contributed by atoms with van der Waals surface area (Å²) in [4.78, 5) is 15.5.